The van der Waals surface area contributed by atoms with E-state index < -0.39 is 47.2 Å². The molecule has 0 saturated heterocycles. The number of aromatic nitrogens is 9. The number of esters is 2. The molecule has 1 aliphatic heterocycles. The molecule has 0 radical (unpaired) electrons. The Balaban J connectivity index is 0.000000210. The van der Waals surface area contributed by atoms with Crippen LogP contribution in [-0.4, -0.2) is 174 Å². The van der Waals surface area contributed by atoms with Crippen molar-refractivity contribution in [2.75, 3.05) is 93.5 Å². The van der Waals surface area contributed by atoms with E-state index in [1.165, 1.54) is 130 Å². The van der Waals surface area contributed by atoms with E-state index in [1.54, 1.807) is 35.2 Å². The van der Waals surface area contributed by atoms with Crippen molar-refractivity contribution in [1.29, 1.82) is 0 Å². The zero-order chi connectivity index (χ0) is 92.4. The standard InChI is InChI=1S/C40H48ClN5O6.C37H49ClN4O6.C21H23ClN4O4/c1-2-3-4-5-6-7-8-9-10-16-26-51-39(50)31-21-22-32(41)33(28-31)42-37(48)35(38(49)45-24-23-29-17-14-15-20-34(29)45)46-40(52-27-25-47)43-36(44-46)30-18-12-11-13-19-30;1-3-5-6-7-8-9-10-11-12-16-24-47-35(46)28-19-20-29(38)30(26-28)39-34(45)31(32(44)37(4-2)21-22-37)42-36(48-25-23-43)40-33(41-42)27-17-14-13-15-18-27;1-15-7-8-17(22)18(13-15)23-19(28)14-26-21(30-12-11-29-10-9-27)24-20(25-26)16-5-3-2-4-6-16/h11-15,17-22,28,35,47H,2-10,16,23-27H2,1H3,(H,42,48);13-15,17-20,26,31,43H,3-12,16,21-25H2,1-2H3,(H,39,45);2-8,13,27H,9-12,14H2,1H3,(H,23,28). The highest BCUT2D eigenvalue weighted by Crippen LogP contribution is 2.52. The van der Waals surface area contributed by atoms with Gasteiger partial charge in [0.2, 0.25) is 11.9 Å². The van der Waals surface area contributed by atoms with Crippen molar-refractivity contribution in [3.63, 3.8) is 0 Å². The number of halogens is 3. The summed E-state index contributed by atoms with van der Waals surface area (Å²) < 4.78 is 37.0. The maximum Gasteiger partial charge on any atom is 0.338 e. The number of rotatable bonds is 52. The fraction of sp³-hybridized carbons (Fsp3) is 0.439. The Labute approximate surface area is 774 Å². The summed E-state index contributed by atoms with van der Waals surface area (Å²) in [6.07, 6.45) is 26.0. The first-order valence-electron chi connectivity index (χ1n) is 45.2. The molecule has 3 aromatic heterocycles. The van der Waals surface area contributed by atoms with Crippen molar-refractivity contribution >= 4 is 98.9 Å². The third kappa shape index (κ3) is 30.3. The number of para-hydroxylation sites is 1. The molecule has 12 rings (SSSR count). The molecule has 10 aromatic rings. The summed E-state index contributed by atoms with van der Waals surface area (Å²) in [6.45, 7) is 8.92. The van der Waals surface area contributed by atoms with Gasteiger partial charge in [0.15, 0.2) is 29.3 Å². The van der Waals surface area contributed by atoms with Gasteiger partial charge in [0.05, 0.1) is 89.5 Å². The van der Waals surface area contributed by atoms with Gasteiger partial charge in [-0.25, -0.2) is 14.3 Å². The summed E-state index contributed by atoms with van der Waals surface area (Å²) in [5.41, 5.74) is 5.35. The van der Waals surface area contributed by atoms with Crippen LogP contribution in [0.15, 0.2) is 170 Å². The first-order chi connectivity index (χ1) is 63.3. The Morgan fingerprint density at radius 2 is 0.854 bits per heavy atom. The van der Waals surface area contributed by atoms with Gasteiger partial charge in [-0.3, -0.25) is 24.0 Å². The van der Waals surface area contributed by atoms with Gasteiger partial charge >= 0.3 is 30.0 Å². The number of carbonyl (C=O) groups is 7. The number of carbonyl (C=O) groups excluding carboxylic acids is 7. The van der Waals surface area contributed by atoms with Crippen LogP contribution in [0.1, 0.15) is 212 Å². The molecular weight excluding hydrogens is 1720 g/mol. The molecule has 2 aliphatic rings. The van der Waals surface area contributed by atoms with E-state index in [0.717, 1.165) is 59.9 Å². The Hall–Kier alpha value is -11.4. The summed E-state index contributed by atoms with van der Waals surface area (Å²) >= 11 is 19.2. The molecule has 694 valence electrons. The maximum atomic E-state index is 14.4. The number of aliphatic hydroxyl groups is 3. The van der Waals surface area contributed by atoms with Gasteiger partial charge < -0.3 is 64.6 Å². The van der Waals surface area contributed by atoms with Gasteiger partial charge in [0.25, 0.3) is 17.7 Å². The van der Waals surface area contributed by atoms with Crippen LogP contribution in [-0.2, 0) is 51.1 Å². The topological polar surface area (TPSA) is 367 Å². The van der Waals surface area contributed by atoms with Crippen LogP contribution < -0.4 is 35.1 Å². The van der Waals surface area contributed by atoms with Crippen molar-refractivity contribution in [1.82, 2.24) is 44.3 Å². The molecule has 29 nitrogen and oxygen atoms in total. The number of aliphatic hydroxyl groups excluding tert-OH is 3. The highest BCUT2D eigenvalue weighted by Gasteiger charge is 2.53. The molecule has 4 amide bonds. The number of ketones is 1. The number of nitrogens with zero attached hydrogens (tertiary/aromatic N) is 10. The number of hydrogen-bond acceptors (Lipinski definition) is 22. The molecule has 4 heterocycles. The summed E-state index contributed by atoms with van der Waals surface area (Å²) in [6, 6.07) is 46.5. The zero-order valence-electron chi connectivity index (χ0n) is 74.5. The molecular formula is C98H120Cl3N13O16. The van der Waals surface area contributed by atoms with Crippen molar-refractivity contribution in [2.24, 2.45) is 5.41 Å². The molecule has 7 aromatic carbocycles. The third-order valence-corrected chi connectivity index (χ3v) is 23.0. The number of anilines is 4. The first kappa shape index (κ1) is 101. The van der Waals surface area contributed by atoms with Crippen molar-refractivity contribution < 1.29 is 77.3 Å². The highest BCUT2D eigenvalue weighted by atomic mass is 35.5. The molecule has 1 saturated carbocycles. The second-order valence-corrected chi connectivity index (χ2v) is 33.1. The second kappa shape index (κ2) is 53.6. The molecule has 1 aliphatic carbocycles. The van der Waals surface area contributed by atoms with Crippen molar-refractivity contribution in [3.05, 3.63) is 207 Å². The number of benzene rings is 7. The SMILES string of the molecule is CCCCCCCCCCCCOC(=O)c1ccc(Cl)c(NC(=O)C(C(=O)C2(CC)CC2)n2nc(-c3ccccc3)nc2OCCO)c1.CCCCCCCCCCCCOC(=O)c1ccc(Cl)c(NC(=O)C(C(=O)N2CCc3ccccc32)n2nc(-c3ccccc3)nc2OCCO)c1.Cc1ccc(Cl)c(NC(=O)Cn2nc(-c3ccccc3)nc2OCCOCCO)c1. The first-order valence-corrected chi connectivity index (χ1v) is 46.3. The van der Waals surface area contributed by atoms with E-state index in [1.807, 2.05) is 123 Å². The Morgan fingerprint density at radius 1 is 0.438 bits per heavy atom. The van der Waals surface area contributed by atoms with Crippen LogP contribution in [0.3, 0.4) is 0 Å². The number of nitrogens with one attached hydrogen (secondary N) is 3. The lowest BCUT2D eigenvalue weighted by Crippen LogP contribution is -2.43. The molecule has 0 spiro atoms. The van der Waals surface area contributed by atoms with Crippen molar-refractivity contribution in [2.45, 2.75) is 200 Å². The zero-order valence-corrected chi connectivity index (χ0v) is 76.8. The predicted molar refractivity (Wildman–Crippen MR) is 502 cm³/mol. The smallest absolute Gasteiger partial charge is 0.338 e. The lowest BCUT2D eigenvalue weighted by molar-refractivity contribution is -0.135. The fourth-order valence-corrected chi connectivity index (χ4v) is 15.2. The van der Waals surface area contributed by atoms with Gasteiger partial charge in [-0.15, -0.1) is 15.3 Å². The van der Waals surface area contributed by atoms with Crippen molar-refractivity contribution in [3.8, 4) is 52.2 Å². The van der Waals surface area contributed by atoms with Gasteiger partial charge in [0, 0.05) is 34.3 Å². The minimum atomic E-state index is -1.59. The van der Waals surface area contributed by atoms with Crippen LogP contribution in [0, 0.1) is 12.3 Å². The summed E-state index contributed by atoms with van der Waals surface area (Å²) in [7, 11) is 0. The summed E-state index contributed by atoms with van der Waals surface area (Å²) in [4.78, 5) is 110. The number of unbranched alkanes of at least 4 members (excludes halogenated alkanes) is 18. The monoisotopic (exact) mass is 1840 g/mol. The number of amides is 4. The number of ether oxygens (including phenoxy) is 6. The van der Waals surface area contributed by atoms with E-state index in [-0.39, 0.29) is 133 Å². The minimum absolute atomic E-state index is 0.0595. The van der Waals surface area contributed by atoms with Crippen LogP contribution in [0.25, 0.3) is 34.2 Å². The lowest BCUT2D eigenvalue weighted by Gasteiger charge is -2.24. The van der Waals surface area contributed by atoms with Gasteiger partial charge in [-0.05, 0) is 111 Å². The molecule has 1 fully saturated rings. The van der Waals surface area contributed by atoms with E-state index in [4.69, 9.17) is 68.3 Å². The normalized spacial score (nSPS) is 12.7. The quantitative estimate of drug-likeness (QED) is 0.0117. The predicted octanol–water partition coefficient (Wildman–Crippen LogP) is 18.7. The number of aryl methyl sites for hydroxylation is 1. The number of fused-ring (bicyclic) bond motifs is 1. The lowest BCUT2D eigenvalue weighted by atomic mass is 9.92. The third-order valence-electron chi connectivity index (χ3n) is 22.0. The molecule has 0 bridgehead atoms. The Bertz CT molecular complexity index is 5250. The van der Waals surface area contributed by atoms with E-state index in [2.05, 4.69) is 60.0 Å². The van der Waals surface area contributed by atoms with E-state index in [0.29, 0.717) is 78.8 Å². The van der Waals surface area contributed by atoms with Gasteiger partial charge in [-0.1, -0.05) is 286 Å². The van der Waals surface area contributed by atoms with Gasteiger partial charge in [0.1, 0.15) is 26.4 Å². The average Bonchev–Trinajstić information content (AvgIpc) is 1.60. The molecule has 32 heteroatoms. The Kier molecular flexibility index (Phi) is 41.5. The molecule has 2 unspecified atom stereocenters. The van der Waals surface area contributed by atoms with Crippen LogP contribution in [0.4, 0.5) is 22.7 Å². The van der Waals surface area contributed by atoms with Crippen LogP contribution in [0.5, 0.6) is 18.0 Å². The number of hydrogen-bond donors (Lipinski definition) is 6. The summed E-state index contributed by atoms with van der Waals surface area (Å²) in [5, 5.41) is 50.4. The molecule has 130 heavy (non-hydrogen) atoms. The van der Waals surface area contributed by atoms with Crippen LogP contribution in [0.2, 0.25) is 15.1 Å². The van der Waals surface area contributed by atoms with Gasteiger partial charge in [-0.2, -0.15) is 24.3 Å². The Morgan fingerprint density at radius 3 is 1.32 bits per heavy atom. The van der Waals surface area contributed by atoms with Crippen LogP contribution >= 0.6 is 34.8 Å². The fourth-order valence-electron chi connectivity index (χ4n) is 14.7. The van der Waals surface area contributed by atoms with E-state index >= 15 is 0 Å². The second-order valence-electron chi connectivity index (χ2n) is 31.8. The average molecular weight is 1840 g/mol. The maximum absolute atomic E-state index is 14.4. The number of Topliss-reactive ketones (excluding diaryl/α,β-unsaturated/α-hetero) is 1. The molecule has 2 atom stereocenters. The molecule has 6 N–H and O–H groups in total. The van der Waals surface area contributed by atoms with E-state index in [9.17, 15) is 43.8 Å². The highest BCUT2D eigenvalue weighted by molar-refractivity contribution is 6.35. The summed E-state index contributed by atoms with van der Waals surface area (Å²) in [5.74, 6) is -2.78. The largest absolute Gasteiger partial charge is 0.462 e. The minimum Gasteiger partial charge on any atom is -0.462 e.